The summed E-state index contributed by atoms with van der Waals surface area (Å²) in [5.41, 5.74) is 2.82. The van der Waals surface area contributed by atoms with E-state index in [0.29, 0.717) is 17.9 Å². The third-order valence-electron chi connectivity index (χ3n) is 4.59. The minimum atomic E-state index is -0.202. The summed E-state index contributed by atoms with van der Waals surface area (Å²) in [4.78, 5) is 27.3. The van der Waals surface area contributed by atoms with Crippen molar-refractivity contribution in [3.05, 3.63) is 70.0 Å². The fraction of sp³-hybridized carbons (Fsp3) is 0.304. The zero-order valence-corrected chi connectivity index (χ0v) is 16.4. The summed E-state index contributed by atoms with van der Waals surface area (Å²) in [5.74, 6) is 0.559. The van der Waals surface area contributed by atoms with Crippen LogP contribution in [0.25, 0.3) is 10.9 Å². The fourth-order valence-electron chi connectivity index (χ4n) is 3.13. The van der Waals surface area contributed by atoms with E-state index in [1.807, 2.05) is 12.1 Å². The van der Waals surface area contributed by atoms with Gasteiger partial charge in [-0.2, -0.15) is 0 Å². The lowest BCUT2D eigenvalue weighted by molar-refractivity contribution is 0.102. The maximum atomic E-state index is 12.5. The number of H-pyrrole nitrogens is 1. The second kappa shape index (κ2) is 9.22. The summed E-state index contributed by atoms with van der Waals surface area (Å²) < 4.78 is 5.62. The highest BCUT2D eigenvalue weighted by Gasteiger charge is 2.09. The van der Waals surface area contributed by atoms with Crippen LogP contribution in [0.2, 0.25) is 0 Å². The highest BCUT2D eigenvalue weighted by Crippen LogP contribution is 2.21. The lowest BCUT2D eigenvalue weighted by atomic mass is 10.0. The summed E-state index contributed by atoms with van der Waals surface area (Å²) in [6, 6.07) is 14.4. The number of aromatic amines is 1. The van der Waals surface area contributed by atoms with Crippen LogP contribution in [-0.2, 0) is 6.42 Å². The number of benzene rings is 2. The summed E-state index contributed by atoms with van der Waals surface area (Å²) in [5, 5.41) is 3.90. The van der Waals surface area contributed by atoms with Crippen molar-refractivity contribution in [2.75, 3.05) is 11.9 Å². The van der Waals surface area contributed by atoms with Crippen LogP contribution >= 0.6 is 0 Å². The minimum absolute atomic E-state index is 0.127. The summed E-state index contributed by atoms with van der Waals surface area (Å²) in [6.07, 6.45) is 3.90. The second-order valence-electron chi connectivity index (χ2n) is 6.85. The van der Waals surface area contributed by atoms with Crippen molar-refractivity contribution in [1.82, 2.24) is 4.98 Å². The number of pyridine rings is 1. The average molecular weight is 378 g/mol. The number of unbranched alkanes of at least 4 members (excludes halogenated alkanes) is 1. The van der Waals surface area contributed by atoms with E-state index in [9.17, 15) is 9.59 Å². The Labute approximate surface area is 164 Å². The molecule has 1 amide bonds. The molecule has 5 nitrogen and oxygen atoms in total. The molecule has 5 heteroatoms. The van der Waals surface area contributed by atoms with Crippen molar-refractivity contribution in [3.63, 3.8) is 0 Å². The predicted molar refractivity (Wildman–Crippen MR) is 113 cm³/mol. The first-order valence-corrected chi connectivity index (χ1v) is 9.81. The fourth-order valence-corrected chi connectivity index (χ4v) is 3.13. The number of carbonyl (C=O) groups is 1. The highest BCUT2D eigenvalue weighted by molar-refractivity contribution is 6.05. The SMILES string of the molecule is CCCCOc1ccc(C(=O)Nc2ccc3c(CCC)cc(=O)[nH]c3c2)cc1. The molecule has 1 heterocycles. The number of hydrogen-bond acceptors (Lipinski definition) is 3. The van der Waals surface area contributed by atoms with E-state index >= 15 is 0 Å². The summed E-state index contributed by atoms with van der Waals surface area (Å²) >= 11 is 0. The molecule has 2 aromatic carbocycles. The van der Waals surface area contributed by atoms with Gasteiger partial charge in [0, 0.05) is 22.7 Å². The number of fused-ring (bicyclic) bond motifs is 1. The van der Waals surface area contributed by atoms with Gasteiger partial charge in [0.15, 0.2) is 0 Å². The first-order chi connectivity index (χ1) is 13.6. The molecule has 0 bridgehead atoms. The molecule has 0 fully saturated rings. The van der Waals surface area contributed by atoms with Crippen molar-refractivity contribution >= 4 is 22.5 Å². The molecule has 0 saturated heterocycles. The van der Waals surface area contributed by atoms with Crippen LogP contribution in [0, 0.1) is 0 Å². The van der Waals surface area contributed by atoms with Gasteiger partial charge in [0.1, 0.15) is 5.75 Å². The number of amides is 1. The molecular weight excluding hydrogens is 352 g/mol. The molecule has 2 N–H and O–H groups in total. The maximum absolute atomic E-state index is 12.5. The lowest BCUT2D eigenvalue weighted by Gasteiger charge is -2.10. The molecule has 0 unspecified atom stereocenters. The molecule has 0 aliphatic heterocycles. The van der Waals surface area contributed by atoms with Gasteiger partial charge < -0.3 is 15.0 Å². The summed E-state index contributed by atoms with van der Waals surface area (Å²) in [7, 11) is 0. The van der Waals surface area contributed by atoms with E-state index in [1.54, 1.807) is 36.4 Å². The van der Waals surface area contributed by atoms with Crippen LogP contribution in [0.4, 0.5) is 5.69 Å². The molecule has 0 atom stereocenters. The third-order valence-corrected chi connectivity index (χ3v) is 4.59. The normalized spacial score (nSPS) is 10.8. The summed E-state index contributed by atoms with van der Waals surface area (Å²) in [6.45, 7) is 4.88. The van der Waals surface area contributed by atoms with Crippen LogP contribution in [0.5, 0.6) is 5.75 Å². The zero-order chi connectivity index (χ0) is 19.9. The van der Waals surface area contributed by atoms with Gasteiger partial charge in [-0.1, -0.05) is 32.8 Å². The van der Waals surface area contributed by atoms with Crippen LogP contribution in [0.15, 0.2) is 53.3 Å². The topological polar surface area (TPSA) is 71.2 Å². The van der Waals surface area contributed by atoms with E-state index in [1.165, 1.54) is 0 Å². The molecule has 1 aromatic heterocycles. The van der Waals surface area contributed by atoms with Crippen LogP contribution in [0.3, 0.4) is 0 Å². The van der Waals surface area contributed by atoms with Crippen LogP contribution in [0.1, 0.15) is 49.0 Å². The van der Waals surface area contributed by atoms with Crippen molar-refractivity contribution in [1.29, 1.82) is 0 Å². The van der Waals surface area contributed by atoms with E-state index in [-0.39, 0.29) is 11.5 Å². The highest BCUT2D eigenvalue weighted by atomic mass is 16.5. The Hall–Kier alpha value is -3.08. The van der Waals surface area contributed by atoms with E-state index in [0.717, 1.165) is 47.9 Å². The monoisotopic (exact) mass is 378 g/mol. The third kappa shape index (κ3) is 4.80. The molecule has 0 aliphatic carbocycles. The van der Waals surface area contributed by atoms with Crippen LogP contribution in [-0.4, -0.2) is 17.5 Å². The Kier molecular flexibility index (Phi) is 6.48. The van der Waals surface area contributed by atoms with Crippen molar-refractivity contribution < 1.29 is 9.53 Å². The van der Waals surface area contributed by atoms with Gasteiger partial charge >= 0.3 is 0 Å². The first kappa shape index (κ1) is 19.7. The number of anilines is 1. The standard InChI is InChI=1S/C23H26N2O3/c1-3-5-13-28-19-10-7-16(8-11-19)23(27)24-18-9-12-20-17(6-4-2)14-22(26)25-21(20)15-18/h7-12,14-15H,3-6,13H2,1-2H3,(H,24,27)(H,25,26). The Morgan fingerprint density at radius 3 is 2.54 bits per heavy atom. The Morgan fingerprint density at radius 1 is 1.04 bits per heavy atom. The second-order valence-corrected chi connectivity index (χ2v) is 6.85. The molecule has 3 aromatic rings. The molecule has 146 valence electrons. The van der Waals surface area contributed by atoms with Gasteiger partial charge in [-0.3, -0.25) is 9.59 Å². The van der Waals surface area contributed by atoms with Gasteiger partial charge in [-0.25, -0.2) is 0 Å². The van der Waals surface area contributed by atoms with E-state index in [4.69, 9.17) is 4.74 Å². The predicted octanol–water partition coefficient (Wildman–Crippen LogP) is 4.91. The van der Waals surface area contributed by atoms with E-state index in [2.05, 4.69) is 24.1 Å². The van der Waals surface area contributed by atoms with Crippen molar-refractivity contribution in [2.24, 2.45) is 0 Å². The number of rotatable bonds is 8. The average Bonchev–Trinajstić information content (AvgIpc) is 2.68. The number of carbonyl (C=O) groups excluding carboxylic acids is 1. The number of hydrogen-bond donors (Lipinski definition) is 2. The van der Waals surface area contributed by atoms with Crippen molar-refractivity contribution in [3.8, 4) is 5.75 Å². The van der Waals surface area contributed by atoms with Crippen molar-refractivity contribution in [2.45, 2.75) is 39.5 Å². The number of aryl methyl sites for hydroxylation is 1. The van der Waals surface area contributed by atoms with Gasteiger partial charge in [0.25, 0.3) is 5.91 Å². The van der Waals surface area contributed by atoms with Gasteiger partial charge in [0.05, 0.1) is 12.1 Å². The Balaban J connectivity index is 1.74. The van der Waals surface area contributed by atoms with E-state index < -0.39 is 0 Å². The Morgan fingerprint density at radius 2 is 1.82 bits per heavy atom. The number of nitrogens with one attached hydrogen (secondary N) is 2. The molecule has 0 saturated carbocycles. The maximum Gasteiger partial charge on any atom is 0.255 e. The van der Waals surface area contributed by atoms with Gasteiger partial charge in [-0.15, -0.1) is 0 Å². The number of aromatic nitrogens is 1. The van der Waals surface area contributed by atoms with Gasteiger partial charge in [0.2, 0.25) is 5.56 Å². The molecule has 28 heavy (non-hydrogen) atoms. The Bertz CT molecular complexity index is 1010. The zero-order valence-electron chi connectivity index (χ0n) is 16.4. The first-order valence-electron chi connectivity index (χ1n) is 9.81. The quantitative estimate of drug-likeness (QED) is 0.547. The molecule has 0 spiro atoms. The molecule has 0 aliphatic rings. The lowest BCUT2D eigenvalue weighted by Crippen LogP contribution is -2.12. The largest absolute Gasteiger partial charge is 0.494 e. The smallest absolute Gasteiger partial charge is 0.255 e. The molecular formula is C23H26N2O3. The number of ether oxygens (including phenoxy) is 1. The molecule has 3 rings (SSSR count). The van der Waals surface area contributed by atoms with Gasteiger partial charge in [-0.05, 0) is 54.8 Å². The van der Waals surface area contributed by atoms with Crippen LogP contribution < -0.4 is 15.6 Å². The minimum Gasteiger partial charge on any atom is -0.494 e. The molecule has 0 radical (unpaired) electrons.